The van der Waals surface area contributed by atoms with Crippen molar-refractivity contribution in [2.24, 2.45) is 0 Å². The minimum atomic E-state index is -0.144. The van der Waals surface area contributed by atoms with E-state index >= 15 is 0 Å². The Labute approximate surface area is 113 Å². The molecule has 0 saturated heterocycles. The molecule has 0 spiro atoms. The van der Waals surface area contributed by atoms with Crippen LogP contribution in [0.1, 0.15) is 42.4 Å². The number of carbonyl (C=O) groups is 1. The average molecular weight is 257 g/mol. The summed E-state index contributed by atoms with van der Waals surface area (Å²) in [6.45, 7) is 8.31. The van der Waals surface area contributed by atoms with Gasteiger partial charge in [-0.3, -0.25) is 9.89 Å². The Kier molecular flexibility index (Phi) is 3.42. The maximum absolute atomic E-state index is 12.0. The quantitative estimate of drug-likeness (QED) is 0.867. The molecule has 1 heterocycles. The van der Waals surface area contributed by atoms with Crippen molar-refractivity contribution >= 4 is 11.6 Å². The number of aryl methyl sites for hydroxylation is 1. The van der Waals surface area contributed by atoms with Crippen molar-refractivity contribution in [2.45, 2.75) is 33.1 Å². The van der Waals surface area contributed by atoms with Gasteiger partial charge in [-0.1, -0.05) is 32.9 Å². The summed E-state index contributed by atoms with van der Waals surface area (Å²) in [5, 5.41) is 9.46. The number of rotatable bonds is 2. The van der Waals surface area contributed by atoms with E-state index < -0.39 is 0 Å². The van der Waals surface area contributed by atoms with Gasteiger partial charge >= 0.3 is 0 Å². The fourth-order valence-electron chi connectivity index (χ4n) is 1.83. The second-order valence-electron chi connectivity index (χ2n) is 5.69. The first-order chi connectivity index (χ1) is 8.88. The molecule has 0 aliphatic carbocycles. The van der Waals surface area contributed by atoms with Crippen LogP contribution in [0.2, 0.25) is 0 Å². The largest absolute Gasteiger partial charge is 0.322 e. The van der Waals surface area contributed by atoms with Gasteiger partial charge in [0.15, 0.2) is 0 Å². The summed E-state index contributed by atoms with van der Waals surface area (Å²) in [7, 11) is 0. The Morgan fingerprint density at radius 1 is 1.21 bits per heavy atom. The number of aromatic nitrogens is 2. The topological polar surface area (TPSA) is 57.8 Å². The molecule has 4 nitrogen and oxygen atoms in total. The molecule has 0 radical (unpaired) electrons. The van der Waals surface area contributed by atoms with Crippen LogP contribution in [0, 0.1) is 6.92 Å². The van der Waals surface area contributed by atoms with Crippen molar-refractivity contribution in [3.05, 3.63) is 47.3 Å². The van der Waals surface area contributed by atoms with Gasteiger partial charge in [0.1, 0.15) is 0 Å². The first kappa shape index (κ1) is 13.3. The van der Waals surface area contributed by atoms with Gasteiger partial charge in [0.25, 0.3) is 5.91 Å². The van der Waals surface area contributed by atoms with Gasteiger partial charge in [-0.15, -0.1) is 0 Å². The van der Waals surface area contributed by atoms with E-state index in [0.29, 0.717) is 5.56 Å². The zero-order valence-corrected chi connectivity index (χ0v) is 11.7. The van der Waals surface area contributed by atoms with E-state index in [1.54, 1.807) is 0 Å². The number of benzene rings is 1. The van der Waals surface area contributed by atoms with Gasteiger partial charge in [0, 0.05) is 11.4 Å². The average Bonchev–Trinajstić information content (AvgIpc) is 2.75. The lowest BCUT2D eigenvalue weighted by atomic mass is 9.87. The second-order valence-corrected chi connectivity index (χ2v) is 5.69. The van der Waals surface area contributed by atoms with Gasteiger partial charge in [-0.2, -0.15) is 5.10 Å². The maximum Gasteiger partial charge on any atom is 0.259 e. The normalized spacial score (nSPS) is 11.4. The molecule has 2 rings (SSSR count). The molecule has 0 bridgehead atoms. The summed E-state index contributed by atoms with van der Waals surface area (Å²) >= 11 is 0. The number of amides is 1. The molecule has 1 amide bonds. The Morgan fingerprint density at radius 2 is 1.84 bits per heavy atom. The van der Waals surface area contributed by atoms with Crippen LogP contribution < -0.4 is 5.32 Å². The van der Waals surface area contributed by atoms with E-state index in [4.69, 9.17) is 0 Å². The zero-order chi connectivity index (χ0) is 14.0. The van der Waals surface area contributed by atoms with Gasteiger partial charge < -0.3 is 5.32 Å². The molecule has 0 fully saturated rings. The summed E-state index contributed by atoms with van der Waals surface area (Å²) in [4.78, 5) is 12.0. The first-order valence-corrected chi connectivity index (χ1v) is 6.30. The van der Waals surface area contributed by atoms with E-state index in [1.807, 2.05) is 31.2 Å². The molecule has 0 saturated carbocycles. The highest BCUT2D eigenvalue weighted by Gasteiger charge is 2.14. The van der Waals surface area contributed by atoms with Crippen LogP contribution in [0.25, 0.3) is 0 Å². The van der Waals surface area contributed by atoms with E-state index in [2.05, 4.69) is 36.3 Å². The molecule has 19 heavy (non-hydrogen) atoms. The SMILES string of the molecule is Cc1[nH]ncc1C(=O)Nc1ccc(C(C)(C)C)cc1. The number of aromatic amines is 1. The zero-order valence-electron chi connectivity index (χ0n) is 11.7. The lowest BCUT2D eigenvalue weighted by Crippen LogP contribution is -2.13. The molecule has 100 valence electrons. The van der Waals surface area contributed by atoms with Gasteiger partial charge in [-0.25, -0.2) is 0 Å². The number of carbonyl (C=O) groups excluding carboxylic acids is 1. The molecule has 2 aromatic rings. The minimum Gasteiger partial charge on any atom is -0.322 e. The third-order valence-electron chi connectivity index (χ3n) is 3.08. The van der Waals surface area contributed by atoms with Gasteiger partial charge in [0.05, 0.1) is 11.8 Å². The van der Waals surface area contributed by atoms with Crippen molar-refractivity contribution in [3.8, 4) is 0 Å². The summed E-state index contributed by atoms with van der Waals surface area (Å²) in [6, 6.07) is 7.93. The van der Waals surface area contributed by atoms with Crippen molar-refractivity contribution in [1.82, 2.24) is 10.2 Å². The van der Waals surface area contributed by atoms with Crippen LogP contribution in [0.15, 0.2) is 30.5 Å². The summed E-state index contributed by atoms with van der Waals surface area (Å²) in [5.41, 5.74) is 3.48. The number of hydrogen-bond acceptors (Lipinski definition) is 2. The maximum atomic E-state index is 12.0. The number of nitrogens with one attached hydrogen (secondary N) is 2. The lowest BCUT2D eigenvalue weighted by Gasteiger charge is -2.19. The third kappa shape index (κ3) is 3.02. The van der Waals surface area contributed by atoms with E-state index in [-0.39, 0.29) is 11.3 Å². The number of anilines is 1. The van der Waals surface area contributed by atoms with Gasteiger partial charge in [-0.05, 0) is 30.0 Å². The predicted molar refractivity (Wildman–Crippen MR) is 76.4 cm³/mol. The molecular formula is C15H19N3O. The Hall–Kier alpha value is -2.10. The number of hydrogen-bond donors (Lipinski definition) is 2. The minimum absolute atomic E-state index is 0.115. The third-order valence-corrected chi connectivity index (χ3v) is 3.08. The van der Waals surface area contributed by atoms with Crippen molar-refractivity contribution in [1.29, 1.82) is 0 Å². The standard InChI is InChI=1S/C15H19N3O/c1-10-13(9-16-18-10)14(19)17-12-7-5-11(6-8-12)15(2,3)4/h5-9H,1-4H3,(H,16,18)(H,17,19). The van der Waals surface area contributed by atoms with E-state index in [9.17, 15) is 4.79 Å². The van der Waals surface area contributed by atoms with E-state index in [0.717, 1.165) is 11.4 Å². The molecule has 4 heteroatoms. The summed E-state index contributed by atoms with van der Waals surface area (Å²) in [6.07, 6.45) is 1.54. The molecule has 1 aromatic carbocycles. The van der Waals surface area contributed by atoms with E-state index in [1.165, 1.54) is 11.8 Å². The van der Waals surface area contributed by atoms with Crippen LogP contribution in [-0.2, 0) is 5.41 Å². The lowest BCUT2D eigenvalue weighted by molar-refractivity contribution is 0.102. The fourth-order valence-corrected chi connectivity index (χ4v) is 1.83. The molecule has 0 aliphatic heterocycles. The summed E-state index contributed by atoms with van der Waals surface area (Å²) in [5.74, 6) is -0.144. The fraction of sp³-hybridized carbons (Fsp3) is 0.333. The number of H-pyrrole nitrogens is 1. The smallest absolute Gasteiger partial charge is 0.259 e. The second kappa shape index (κ2) is 4.88. The summed E-state index contributed by atoms with van der Waals surface area (Å²) < 4.78 is 0. The number of nitrogens with zero attached hydrogens (tertiary/aromatic N) is 1. The van der Waals surface area contributed by atoms with Crippen molar-refractivity contribution < 1.29 is 4.79 Å². The van der Waals surface area contributed by atoms with Crippen molar-refractivity contribution in [2.75, 3.05) is 5.32 Å². The predicted octanol–water partition coefficient (Wildman–Crippen LogP) is 3.27. The van der Waals surface area contributed by atoms with Crippen LogP contribution >= 0.6 is 0 Å². The molecule has 0 aliphatic rings. The molecular weight excluding hydrogens is 238 g/mol. The highest BCUT2D eigenvalue weighted by Crippen LogP contribution is 2.23. The van der Waals surface area contributed by atoms with Crippen LogP contribution in [-0.4, -0.2) is 16.1 Å². The Bertz CT molecular complexity index is 576. The Morgan fingerprint density at radius 3 is 2.32 bits per heavy atom. The molecule has 1 aromatic heterocycles. The Balaban J connectivity index is 2.12. The van der Waals surface area contributed by atoms with Crippen LogP contribution in [0.3, 0.4) is 0 Å². The molecule has 2 N–H and O–H groups in total. The van der Waals surface area contributed by atoms with Crippen LogP contribution in [0.5, 0.6) is 0 Å². The van der Waals surface area contributed by atoms with Crippen molar-refractivity contribution in [3.63, 3.8) is 0 Å². The first-order valence-electron chi connectivity index (χ1n) is 6.30. The van der Waals surface area contributed by atoms with Crippen LogP contribution in [0.4, 0.5) is 5.69 Å². The molecule has 0 unspecified atom stereocenters. The highest BCUT2D eigenvalue weighted by atomic mass is 16.1. The highest BCUT2D eigenvalue weighted by molar-refractivity contribution is 6.04. The molecule has 0 atom stereocenters. The van der Waals surface area contributed by atoms with Gasteiger partial charge in [0.2, 0.25) is 0 Å². The monoisotopic (exact) mass is 257 g/mol.